The molecule has 0 saturated carbocycles. The fourth-order valence-corrected chi connectivity index (χ4v) is 3.31. The van der Waals surface area contributed by atoms with Gasteiger partial charge < -0.3 is 9.47 Å². The van der Waals surface area contributed by atoms with Crippen LogP contribution < -0.4 is 4.90 Å². The molecule has 3 aromatic rings. The normalized spacial score (nSPS) is 10.8. The van der Waals surface area contributed by atoms with E-state index in [0.29, 0.717) is 0 Å². The zero-order valence-corrected chi connectivity index (χ0v) is 15.3. The van der Waals surface area contributed by atoms with E-state index in [1.165, 1.54) is 11.1 Å². The molecular weight excluding hydrogens is 316 g/mol. The van der Waals surface area contributed by atoms with Crippen molar-refractivity contribution in [1.82, 2.24) is 14.8 Å². The summed E-state index contributed by atoms with van der Waals surface area (Å²) < 4.78 is 2.06. The summed E-state index contributed by atoms with van der Waals surface area (Å²) in [5.74, 6) is 1.79. The molecule has 0 bridgehead atoms. The molecule has 24 heavy (non-hydrogen) atoms. The minimum absolute atomic E-state index is 0.893. The molecule has 1 heterocycles. The molecule has 0 aliphatic heterocycles. The molecule has 4 nitrogen and oxygen atoms in total. The number of benzene rings is 2. The van der Waals surface area contributed by atoms with Gasteiger partial charge in [0, 0.05) is 38.1 Å². The standard InChI is InChI=1S/C19H22N4S/c1-14-8-10-15(11-9-14)13-24-19-21-20-18(23(19)4)16-6-5-7-17(12-16)22(2)3/h5-12H,13H2,1-4H3. The maximum Gasteiger partial charge on any atom is 0.191 e. The molecule has 3 rings (SSSR count). The first-order valence-electron chi connectivity index (χ1n) is 7.90. The second-order valence-electron chi connectivity index (χ2n) is 6.08. The van der Waals surface area contributed by atoms with Gasteiger partial charge in [-0.15, -0.1) is 10.2 Å². The van der Waals surface area contributed by atoms with Gasteiger partial charge in [-0.2, -0.15) is 0 Å². The van der Waals surface area contributed by atoms with Crippen LogP contribution in [0.2, 0.25) is 0 Å². The number of thioether (sulfide) groups is 1. The van der Waals surface area contributed by atoms with Gasteiger partial charge in [-0.3, -0.25) is 0 Å². The Morgan fingerprint density at radius 3 is 2.50 bits per heavy atom. The van der Waals surface area contributed by atoms with Crippen molar-refractivity contribution in [2.75, 3.05) is 19.0 Å². The third-order valence-corrected chi connectivity index (χ3v) is 5.04. The van der Waals surface area contributed by atoms with Gasteiger partial charge in [0.15, 0.2) is 11.0 Å². The molecule has 0 N–H and O–H groups in total. The highest BCUT2D eigenvalue weighted by atomic mass is 32.2. The number of anilines is 1. The Morgan fingerprint density at radius 1 is 1.04 bits per heavy atom. The van der Waals surface area contributed by atoms with E-state index in [9.17, 15) is 0 Å². The predicted octanol–water partition coefficient (Wildman–Crippen LogP) is 4.15. The number of hydrogen-bond acceptors (Lipinski definition) is 4. The van der Waals surface area contributed by atoms with E-state index in [4.69, 9.17) is 0 Å². The number of rotatable bonds is 5. The van der Waals surface area contributed by atoms with Crippen LogP contribution >= 0.6 is 11.8 Å². The van der Waals surface area contributed by atoms with Crippen molar-refractivity contribution in [1.29, 1.82) is 0 Å². The molecule has 5 heteroatoms. The fraction of sp³-hybridized carbons (Fsp3) is 0.263. The van der Waals surface area contributed by atoms with E-state index < -0.39 is 0 Å². The van der Waals surface area contributed by atoms with Crippen LogP contribution in [0.3, 0.4) is 0 Å². The highest BCUT2D eigenvalue weighted by Gasteiger charge is 2.12. The summed E-state index contributed by atoms with van der Waals surface area (Å²) in [5.41, 5.74) is 4.82. The quantitative estimate of drug-likeness (QED) is 0.655. The first-order chi connectivity index (χ1) is 11.5. The second kappa shape index (κ2) is 7.09. The third-order valence-electron chi connectivity index (χ3n) is 3.94. The van der Waals surface area contributed by atoms with Crippen molar-refractivity contribution in [3.8, 4) is 11.4 Å². The van der Waals surface area contributed by atoms with E-state index in [1.54, 1.807) is 11.8 Å². The van der Waals surface area contributed by atoms with Crippen LogP contribution in [0, 0.1) is 6.92 Å². The Labute approximate surface area is 147 Å². The molecule has 0 fully saturated rings. The first kappa shape index (κ1) is 16.6. The van der Waals surface area contributed by atoms with Crippen LogP contribution in [-0.2, 0) is 12.8 Å². The molecule has 1 aromatic heterocycles. The molecule has 0 atom stereocenters. The van der Waals surface area contributed by atoms with E-state index in [1.807, 2.05) is 21.1 Å². The molecule has 124 valence electrons. The molecule has 0 unspecified atom stereocenters. The minimum atomic E-state index is 0.893. The van der Waals surface area contributed by atoms with Crippen molar-refractivity contribution < 1.29 is 0 Å². The summed E-state index contributed by atoms with van der Waals surface area (Å²) in [6.07, 6.45) is 0. The lowest BCUT2D eigenvalue weighted by Gasteiger charge is -2.13. The number of aromatic nitrogens is 3. The lowest BCUT2D eigenvalue weighted by atomic mass is 10.2. The Kier molecular flexibility index (Phi) is 4.90. The predicted molar refractivity (Wildman–Crippen MR) is 102 cm³/mol. The molecule has 0 saturated heterocycles. The van der Waals surface area contributed by atoms with E-state index in [2.05, 4.69) is 75.1 Å². The first-order valence-corrected chi connectivity index (χ1v) is 8.88. The Bertz CT molecular complexity index is 822. The van der Waals surface area contributed by atoms with E-state index in [0.717, 1.165) is 28.0 Å². The van der Waals surface area contributed by atoms with Gasteiger partial charge in [-0.05, 0) is 24.6 Å². The summed E-state index contributed by atoms with van der Waals surface area (Å²) >= 11 is 1.71. The molecule has 0 radical (unpaired) electrons. The molecule has 0 spiro atoms. The maximum absolute atomic E-state index is 4.39. The number of aryl methyl sites for hydroxylation is 1. The topological polar surface area (TPSA) is 34.0 Å². The van der Waals surface area contributed by atoms with Crippen LogP contribution in [0.5, 0.6) is 0 Å². The van der Waals surface area contributed by atoms with Gasteiger partial charge in [-0.1, -0.05) is 53.7 Å². The highest BCUT2D eigenvalue weighted by Crippen LogP contribution is 2.27. The fourth-order valence-electron chi connectivity index (χ4n) is 2.45. The smallest absolute Gasteiger partial charge is 0.191 e. The molecule has 2 aromatic carbocycles. The van der Waals surface area contributed by atoms with E-state index >= 15 is 0 Å². The largest absolute Gasteiger partial charge is 0.378 e. The summed E-state index contributed by atoms with van der Waals surface area (Å²) in [7, 11) is 6.10. The van der Waals surface area contributed by atoms with Crippen molar-refractivity contribution in [2.45, 2.75) is 17.8 Å². The summed E-state index contributed by atoms with van der Waals surface area (Å²) in [5, 5.41) is 9.68. The van der Waals surface area contributed by atoms with Crippen molar-refractivity contribution in [3.05, 3.63) is 59.7 Å². The summed E-state index contributed by atoms with van der Waals surface area (Å²) in [4.78, 5) is 2.09. The monoisotopic (exact) mass is 338 g/mol. The van der Waals surface area contributed by atoms with Crippen LogP contribution in [0.4, 0.5) is 5.69 Å². The maximum atomic E-state index is 4.39. The van der Waals surface area contributed by atoms with Gasteiger partial charge in [0.25, 0.3) is 0 Å². The van der Waals surface area contributed by atoms with Gasteiger partial charge in [0.05, 0.1) is 0 Å². The Hall–Kier alpha value is -2.27. The minimum Gasteiger partial charge on any atom is -0.378 e. The number of hydrogen-bond donors (Lipinski definition) is 0. The molecule has 0 aliphatic rings. The Balaban J connectivity index is 1.78. The zero-order valence-electron chi connectivity index (χ0n) is 14.5. The lowest BCUT2D eigenvalue weighted by Crippen LogP contribution is -2.08. The van der Waals surface area contributed by atoms with Crippen LogP contribution in [-0.4, -0.2) is 28.9 Å². The van der Waals surface area contributed by atoms with Crippen molar-refractivity contribution >= 4 is 17.4 Å². The van der Waals surface area contributed by atoms with Crippen molar-refractivity contribution in [3.63, 3.8) is 0 Å². The second-order valence-corrected chi connectivity index (χ2v) is 7.03. The van der Waals surface area contributed by atoms with Gasteiger partial charge in [-0.25, -0.2) is 0 Å². The van der Waals surface area contributed by atoms with Gasteiger partial charge in [0.1, 0.15) is 0 Å². The lowest BCUT2D eigenvalue weighted by molar-refractivity contribution is 0.794. The zero-order chi connectivity index (χ0) is 17.1. The number of nitrogens with zero attached hydrogens (tertiary/aromatic N) is 4. The molecule has 0 amide bonds. The van der Waals surface area contributed by atoms with Crippen LogP contribution in [0.15, 0.2) is 53.7 Å². The van der Waals surface area contributed by atoms with Crippen LogP contribution in [0.25, 0.3) is 11.4 Å². The molecule has 0 aliphatic carbocycles. The summed E-state index contributed by atoms with van der Waals surface area (Å²) in [6, 6.07) is 17.0. The van der Waals surface area contributed by atoms with Gasteiger partial charge >= 0.3 is 0 Å². The average Bonchev–Trinajstić information content (AvgIpc) is 2.95. The SMILES string of the molecule is Cc1ccc(CSc2nnc(-c3cccc(N(C)C)c3)n2C)cc1. The average molecular weight is 338 g/mol. The van der Waals surface area contributed by atoms with Gasteiger partial charge in [0.2, 0.25) is 0 Å². The molecular formula is C19H22N4S. The van der Waals surface area contributed by atoms with Crippen molar-refractivity contribution in [2.24, 2.45) is 7.05 Å². The third kappa shape index (κ3) is 3.62. The highest BCUT2D eigenvalue weighted by molar-refractivity contribution is 7.98. The Morgan fingerprint density at radius 2 is 1.79 bits per heavy atom. The summed E-state index contributed by atoms with van der Waals surface area (Å²) in [6.45, 7) is 2.10. The van der Waals surface area contributed by atoms with E-state index in [-0.39, 0.29) is 0 Å². The van der Waals surface area contributed by atoms with Crippen LogP contribution in [0.1, 0.15) is 11.1 Å².